The van der Waals surface area contributed by atoms with Gasteiger partial charge >= 0.3 is 5.97 Å². The molecule has 0 bridgehead atoms. The van der Waals surface area contributed by atoms with Crippen molar-refractivity contribution in [2.24, 2.45) is 5.92 Å². The lowest BCUT2D eigenvalue weighted by atomic mass is 9.97. The molecule has 2 aromatic rings. The zero-order valence-electron chi connectivity index (χ0n) is 17.9. The number of amides is 2. The van der Waals surface area contributed by atoms with Crippen molar-refractivity contribution in [2.45, 2.75) is 45.8 Å². The van der Waals surface area contributed by atoms with E-state index >= 15 is 0 Å². The highest BCUT2D eigenvalue weighted by molar-refractivity contribution is 6.30. The van der Waals surface area contributed by atoms with Gasteiger partial charge in [-0.05, 0) is 57.9 Å². The largest absolute Gasteiger partial charge is 0.452 e. The average molecular weight is 447 g/mol. The molecule has 1 aliphatic rings. The number of anilines is 1. The molecule has 9 heteroatoms. The molecule has 1 saturated heterocycles. The van der Waals surface area contributed by atoms with E-state index < -0.39 is 23.9 Å². The number of carbonyl (C=O) groups excluding carboxylic acids is 3. The summed E-state index contributed by atoms with van der Waals surface area (Å²) in [7, 11) is 0. The molecule has 31 heavy (non-hydrogen) atoms. The number of hydrogen-bond donors (Lipinski definition) is 1. The number of halogens is 1. The molecule has 8 nitrogen and oxygen atoms in total. The van der Waals surface area contributed by atoms with Crippen LogP contribution in [0.2, 0.25) is 5.02 Å². The van der Waals surface area contributed by atoms with Gasteiger partial charge in [0.2, 0.25) is 0 Å². The lowest BCUT2D eigenvalue weighted by Gasteiger charge is -2.32. The molecule has 166 valence electrons. The second kappa shape index (κ2) is 9.96. The number of nitrogens with one attached hydrogen (secondary N) is 1. The minimum Gasteiger partial charge on any atom is -0.452 e. The third-order valence-corrected chi connectivity index (χ3v) is 5.46. The van der Waals surface area contributed by atoms with Crippen LogP contribution in [-0.2, 0) is 14.3 Å². The van der Waals surface area contributed by atoms with E-state index in [1.807, 2.05) is 13.8 Å². The maximum Gasteiger partial charge on any atom is 0.311 e. The van der Waals surface area contributed by atoms with Crippen LogP contribution in [0.3, 0.4) is 0 Å². The fourth-order valence-electron chi connectivity index (χ4n) is 3.51. The molecule has 0 unspecified atom stereocenters. The fourth-order valence-corrected chi connectivity index (χ4v) is 3.63. The second-order valence-electron chi connectivity index (χ2n) is 7.92. The predicted octanol–water partition coefficient (Wildman–Crippen LogP) is 3.54. The minimum absolute atomic E-state index is 0.0783. The fraction of sp³-hybridized carbons (Fsp3) is 0.455. The van der Waals surface area contributed by atoms with E-state index in [1.165, 1.54) is 6.92 Å². The first kappa shape index (κ1) is 22.8. The highest BCUT2D eigenvalue weighted by Gasteiger charge is 2.32. The van der Waals surface area contributed by atoms with Crippen molar-refractivity contribution >= 4 is 35.2 Å². The summed E-state index contributed by atoms with van der Waals surface area (Å²) in [5, 5.41) is 7.46. The molecule has 0 saturated carbocycles. The number of esters is 1. The van der Waals surface area contributed by atoms with Gasteiger partial charge in [0.15, 0.2) is 6.10 Å². The average Bonchev–Trinajstić information content (AvgIpc) is 3.22. The van der Waals surface area contributed by atoms with Crippen molar-refractivity contribution in [3.05, 3.63) is 47.1 Å². The van der Waals surface area contributed by atoms with Crippen LogP contribution >= 0.6 is 11.6 Å². The number of ether oxygens (including phenoxy) is 1. The van der Waals surface area contributed by atoms with Crippen molar-refractivity contribution in [1.29, 1.82) is 0 Å². The summed E-state index contributed by atoms with van der Waals surface area (Å²) in [5.74, 6) is -0.988. The highest BCUT2D eigenvalue weighted by Crippen LogP contribution is 2.21. The summed E-state index contributed by atoms with van der Waals surface area (Å²) in [6.45, 7) is 6.26. The van der Waals surface area contributed by atoms with Gasteiger partial charge in [0.05, 0.1) is 12.1 Å². The Bertz CT molecular complexity index is 941. The van der Waals surface area contributed by atoms with E-state index in [9.17, 15) is 14.4 Å². The van der Waals surface area contributed by atoms with Gasteiger partial charge in [-0.15, -0.1) is 0 Å². The van der Waals surface area contributed by atoms with Crippen LogP contribution in [0.4, 0.5) is 5.82 Å². The van der Waals surface area contributed by atoms with E-state index in [0.717, 1.165) is 0 Å². The number of nitrogens with zero attached hydrogens (tertiary/aromatic N) is 3. The molecule has 0 spiro atoms. The van der Waals surface area contributed by atoms with Crippen LogP contribution in [0.1, 0.15) is 50.0 Å². The van der Waals surface area contributed by atoms with Crippen molar-refractivity contribution < 1.29 is 19.1 Å². The lowest BCUT2D eigenvalue weighted by Crippen LogP contribution is -2.44. The Kier molecular flexibility index (Phi) is 7.33. The number of piperidine rings is 1. The molecular weight excluding hydrogens is 420 g/mol. The molecule has 1 aromatic heterocycles. The van der Waals surface area contributed by atoms with Crippen LogP contribution < -0.4 is 5.32 Å². The molecule has 1 N–H and O–H groups in total. The first-order chi connectivity index (χ1) is 14.8. The zero-order chi connectivity index (χ0) is 22.5. The third kappa shape index (κ3) is 5.64. The number of likely N-dealkylation sites (tertiary alicyclic amines) is 1. The summed E-state index contributed by atoms with van der Waals surface area (Å²) in [6.07, 6.45) is 1.93. The summed E-state index contributed by atoms with van der Waals surface area (Å²) in [5.41, 5.74) is 0.521. The van der Waals surface area contributed by atoms with Gasteiger partial charge in [-0.2, -0.15) is 5.10 Å². The van der Waals surface area contributed by atoms with Crippen molar-refractivity contribution in [2.75, 3.05) is 18.4 Å². The number of rotatable bonds is 6. The van der Waals surface area contributed by atoms with Gasteiger partial charge in [0, 0.05) is 35.8 Å². The number of benzene rings is 1. The van der Waals surface area contributed by atoms with E-state index in [2.05, 4.69) is 10.4 Å². The molecule has 2 heterocycles. The Labute approximate surface area is 186 Å². The summed E-state index contributed by atoms with van der Waals surface area (Å²) >= 11 is 5.89. The molecule has 2 atom stereocenters. The van der Waals surface area contributed by atoms with E-state index in [1.54, 1.807) is 46.1 Å². The summed E-state index contributed by atoms with van der Waals surface area (Å²) in [4.78, 5) is 39.5. The van der Waals surface area contributed by atoms with Crippen LogP contribution in [-0.4, -0.2) is 51.7 Å². The standard InChI is InChI=1S/C22H27ClN4O4/c1-14(2)27-19(10-11-24-27)25-20(28)15(3)31-22(30)17-5-4-12-26(13-17)21(29)16-6-8-18(23)9-7-16/h6-11,14-15,17H,4-5,12-13H2,1-3H3,(H,25,28)/t15-,17+/m0/s1. The molecule has 1 aliphatic heterocycles. The summed E-state index contributed by atoms with van der Waals surface area (Å²) in [6, 6.07) is 8.43. The Balaban J connectivity index is 1.56. The van der Waals surface area contributed by atoms with Gasteiger partial charge in [-0.3, -0.25) is 14.4 Å². The Morgan fingerprint density at radius 3 is 2.55 bits per heavy atom. The van der Waals surface area contributed by atoms with Crippen LogP contribution in [0.15, 0.2) is 36.5 Å². The van der Waals surface area contributed by atoms with Crippen LogP contribution in [0.25, 0.3) is 0 Å². The molecule has 0 radical (unpaired) electrons. The zero-order valence-corrected chi connectivity index (χ0v) is 18.6. The van der Waals surface area contributed by atoms with Crippen molar-refractivity contribution in [1.82, 2.24) is 14.7 Å². The minimum atomic E-state index is -0.967. The molecule has 0 aliphatic carbocycles. The van der Waals surface area contributed by atoms with Gasteiger partial charge in [0.25, 0.3) is 11.8 Å². The molecule has 2 amide bonds. The first-order valence-corrected chi connectivity index (χ1v) is 10.7. The number of aromatic nitrogens is 2. The highest BCUT2D eigenvalue weighted by atomic mass is 35.5. The maximum atomic E-state index is 12.7. The first-order valence-electron chi connectivity index (χ1n) is 10.4. The normalized spacial score (nSPS) is 17.3. The van der Waals surface area contributed by atoms with Crippen molar-refractivity contribution in [3.63, 3.8) is 0 Å². The van der Waals surface area contributed by atoms with Gasteiger partial charge < -0.3 is 15.0 Å². The van der Waals surface area contributed by atoms with Crippen molar-refractivity contribution in [3.8, 4) is 0 Å². The molecule has 1 aromatic carbocycles. The monoisotopic (exact) mass is 446 g/mol. The number of carbonyl (C=O) groups is 3. The molecular formula is C22H27ClN4O4. The predicted molar refractivity (Wildman–Crippen MR) is 117 cm³/mol. The quantitative estimate of drug-likeness (QED) is 0.685. The summed E-state index contributed by atoms with van der Waals surface area (Å²) < 4.78 is 7.09. The van der Waals surface area contributed by atoms with Crippen LogP contribution in [0, 0.1) is 5.92 Å². The van der Waals surface area contributed by atoms with Crippen LogP contribution in [0.5, 0.6) is 0 Å². The van der Waals surface area contributed by atoms with Gasteiger partial charge in [-0.25, -0.2) is 4.68 Å². The SMILES string of the molecule is CC(C)n1nccc1NC(=O)[C@H](C)OC(=O)[C@@H]1CCCN(C(=O)c2ccc(Cl)cc2)C1. The third-order valence-electron chi connectivity index (χ3n) is 5.21. The smallest absolute Gasteiger partial charge is 0.311 e. The molecule has 3 rings (SSSR count). The topological polar surface area (TPSA) is 93.5 Å². The van der Waals surface area contributed by atoms with E-state index in [4.69, 9.17) is 16.3 Å². The second-order valence-corrected chi connectivity index (χ2v) is 8.36. The van der Waals surface area contributed by atoms with Gasteiger partial charge in [-0.1, -0.05) is 11.6 Å². The van der Waals surface area contributed by atoms with Gasteiger partial charge in [0.1, 0.15) is 5.82 Å². The Morgan fingerprint density at radius 2 is 1.87 bits per heavy atom. The maximum absolute atomic E-state index is 12.7. The Hall–Kier alpha value is -2.87. The number of hydrogen-bond acceptors (Lipinski definition) is 5. The molecule has 1 fully saturated rings. The Morgan fingerprint density at radius 1 is 1.16 bits per heavy atom. The van der Waals surface area contributed by atoms with E-state index in [0.29, 0.717) is 35.8 Å². The van der Waals surface area contributed by atoms with E-state index in [-0.39, 0.29) is 18.5 Å². The lowest BCUT2D eigenvalue weighted by molar-refractivity contribution is -0.158.